The Morgan fingerprint density at radius 1 is 1.28 bits per heavy atom. The molecule has 1 unspecified atom stereocenters. The van der Waals surface area contributed by atoms with Crippen molar-refractivity contribution in [2.45, 2.75) is 65.4 Å². The summed E-state index contributed by atoms with van der Waals surface area (Å²) >= 11 is 0. The number of esters is 1. The lowest BCUT2D eigenvalue weighted by Crippen LogP contribution is -2.44. The lowest BCUT2D eigenvalue weighted by Gasteiger charge is -2.28. The first-order chi connectivity index (χ1) is 13.5. The fourth-order valence-electron chi connectivity index (χ4n) is 2.71. The van der Waals surface area contributed by atoms with E-state index in [1.807, 2.05) is 6.92 Å². The predicted octanol–water partition coefficient (Wildman–Crippen LogP) is 0.724. The highest BCUT2D eigenvalue weighted by Crippen LogP contribution is 2.35. The quantitative estimate of drug-likeness (QED) is 0.649. The second-order valence-electron chi connectivity index (χ2n) is 8.07. The van der Waals surface area contributed by atoms with Crippen molar-refractivity contribution in [3.63, 3.8) is 0 Å². The summed E-state index contributed by atoms with van der Waals surface area (Å²) in [4.78, 5) is 38.9. The van der Waals surface area contributed by atoms with E-state index >= 15 is 0 Å². The molecule has 1 N–H and O–H groups in total. The lowest BCUT2D eigenvalue weighted by molar-refractivity contribution is -0.190. The highest BCUT2D eigenvalue weighted by Gasteiger charge is 2.50. The largest absolute Gasteiger partial charge is 0.454 e. The third-order valence-electron chi connectivity index (χ3n) is 4.58. The molecule has 10 nitrogen and oxygen atoms in total. The van der Waals surface area contributed by atoms with Crippen molar-refractivity contribution in [1.29, 1.82) is 0 Å². The molecule has 0 radical (unpaired) electrons. The number of hydrogen-bond acceptors (Lipinski definition) is 8. The number of ether oxygens (including phenoxy) is 5. The first-order valence-corrected chi connectivity index (χ1v) is 9.35. The molecule has 1 aliphatic heterocycles. The Balaban J connectivity index is 2.43. The maximum atomic E-state index is 12.5. The van der Waals surface area contributed by atoms with Gasteiger partial charge in [-0.2, -0.15) is 0 Å². The number of aryl methyl sites for hydroxylation is 1. The van der Waals surface area contributed by atoms with E-state index in [0.29, 0.717) is 5.56 Å². The van der Waals surface area contributed by atoms with E-state index in [1.54, 1.807) is 34.8 Å². The van der Waals surface area contributed by atoms with Crippen molar-refractivity contribution < 1.29 is 28.5 Å². The van der Waals surface area contributed by atoms with Crippen molar-refractivity contribution in [3.05, 3.63) is 32.6 Å². The van der Waals surface area contributed by atoms with Crippen LogP contribution in [0.5, 0.6) is 0 Å². The molecule has 0 aromatic carbocycles. The highest BCUT2D eigenvalue weighted by molar-refractivity contribution is 5.75. The predicted molar refractivity (Wildman–Crippen MR) is 103 cm³/mol. The third-order valence-corrected chi connectivity index (χ3v) is 4.58. The van der Waals surface area contributed by atoms with Gasteiger partial charge in [0.1, 0.15) is 6.10 Å². The first-order valence-electron chi connectivity index (χ1n) is 9.35. The van der Waals surface area contributed by atoms with Gasteiger partial charge < -0.3 is 23.7 Å². The molecule has 0 saturated carbocycles. The number of carbonyl (C=O) groups is 1. The van der Waals surface area contributed by atoms with Gasteiger partial charge in [0.25, 0.3) is 5.56 Å². The minimum Gasteiger partial charge on any atom is -0.454 e. The molecule has 164 valence electrons. The van der Waals surface area contributed by atoms with Gasteiger partial charge in [0, 0.05) is 26.0 Å². The third kappa shape index (κ3) is 5.33. The molecule has 5 atom stereocenters. The van der Waals surface area contributed by atoms with Crippen molar-refractivity contribution in [2.75, 3.05) is 20.8 Å². The van der Waals surface area contributed by atoms with Crippen LogP contribution >= 0.6 is 0 Å². The van der Waals surface area contributed by atoms with Gasteiger partial charge in [-0.05, 0) is 34.6 Å². The number of methoxy groups -OCH3 is 2. The fourth-order valence-corrected chi connectivity index (χ4v) is 2.71. The van der Waals surface area contributed by atoms with Gasteiger partial charge in [0.2, 0.25) is 0 Å². The Morgan fingerprint density at radius 2 is 1.93 bits per heavy atom. The number of nitrogens with zero attached hydrogens (tertiary/aromatic N) is 1. The number of nitrogens with one attached hydrogen (secondary N) is 1. The minimum absolute atomic E-state index is 0.165. The Morgan fingerprint density at radius 3 is 2.48 bits per heavy atom. The summed E-state index contributed by atoms with van der Waals surface area (Å²) < 4.78 is 29.2. The Hall–Kier alpha value is -2.01. The first kappa shape index (κ1) is 23.3. The molecule has 10 heteroatoms. The van der Waals surface area contributed by atoms with Gasteiger partial charge in [0.15, 0.2) is 18.6 Å². The number of rotatable bonds is 7. The summed E-state index contributed by atoms with van der Waals surface area (Å²) in [5.41, 5.74) is -1.60. The average molecular weight is 414 g/mol. The molecule has 29 heavy (non-hydrogen) atoms. The van der Waals surface area contributed by atoms with E-state index in [1.165, 1.54) is 17.9 Å². The molecular formula is C19H30N2O8. The topological polar surface area (TPSA) is 118 Å². The molecule has 1 aromatic rings. The second kappa shape index (κ2) is 9.21. The number of carbonyl (C=O) groups excluding carboxylic acids is 1. The number of H-pyrrole nitrogens is 1. The molecule has 0 spiro atoms. The van der Waals surface area contributed by atoms with Crippen LogP contribution in [0.2, 0.25) is 0 Å². The molecule has 2 heterocycles. The maximum absolute atomic E-state index is 12.5. The molecule has 0 aliphatic carbocycles. The van der Waals surface area contributed by atoms with Crippen LogP contribution in [-0.2, 0) is 28.5 Å². The zero-order chi connectivity index (χ0) is 21.9. The molecule has 0 amide bonds. The van der Waals surface area contributed by atoms with Gasteiger partial charge in [-0.15, -0.1) is 0 Å². The summed E-state index contributed by atoms with van der Waals surface area (Å²) in [7, 11) is 2.95. The van der Waals surface area contributed by atoms with Gasteiger partial charge in [0.05, 0.1) is 18.1 Å². The smallest absolute Gasteiger partial charge is 0.330 e. The van der Waals surface area contributed by atoms with Crippen molar-refractivity contribution >= 4 is 5.97 Å². The molecule has 1 aromatic heterocycles. The van der Waals surface area contributed by atoms with Gasteiger partial charge in [-0.3, -0.25) is 19.1 Å². The monoisotopic (exact) mass is 414 g/mol. The standard InChI is InChI=1S/C19H30N2O8/c1-10-8-21(18(24)20-14(10)22)15-12(27-9-11(2)25-6)13(16(26-7)29-15)28-17(23)19(3,4)5/h8,11-13,15-16H,9H2,1-7H3,(H,20,22,24)/t11-,12?,13+,15+,16-/m0/s1. The highest BCUT2D eigenvalue weighted by atomic mass is 16.7. The number of hydrogen-bond donors (Lipinski definition) is 1. The number of aromatic nitrogens is 2. The Kier molecular flexibility index (Phi) is 7.39. The summed E-state index contributed by atoms with van der Waals surface area (Å²) in [6, 6.07) is 0. The van der Waals surface area contributed by atoms with Gasteiger partial charge in [-0.25, -0.2) is 4.79 Å². The van der Waals surface area contributed by atoms with Crippen LogP contribution in [0.4, 0.5) is 0 Å². The fraction of sp³-hybridized carbons (Fsp3) is 0.737. The van der Waals surface area contributed by atoms with Crippen molar-refractivity contribution in [3.8, 4) is 0 Å². The molecule has 0 bridgehead atoms. The minimum atomic E-state index is -0.982. The molecule has 1 fully saturated rings. The van der Waals surface area contributed by atoms with Gasteiger partial charge in [-0.1, -0.05) is 0 Å². The van der Waals surface area contributed by atoms with Crippen LogP contribution in [0.25, 0.3) is 0 Å². The van der Waals surface area contributed by atoms with Gasteiger partial charge >= 0.3 is 11.7 Å². The summed E-state index contributed by atoms with van der Waals surface area (Å²) in [6.07, 6.45) is -2.61. The molecular weight excluding hydrogens is 384 g/mol. The van der Waals surface area contributed by atoms with E-state index in [2.05, 4.69) is 4.98 Å². The lowest BCUT2D eigenvalue weighted by atomic mass is 9.97. The SMILES string of the molecule is CO[C@H]1O[C@@H](n2cc(C)c(=O)[nH]c2=O)C(OC[C@H](C)OC)[C@H]1OC(=O)C(C)(C)C. The van der Waals surface area contributed by atoms with Crippen LogP contribution < -0.4 is 11.2 Å². The normalized spacial score (nSPS) is 25.8. The van der Waals surface area contributed by atoms with Crippen LogP contribution in [0.3, 0.4) is 0 Å². The van der Waals surface area contributed by atoms with E-state index < -0.39 is 47.4 Å². The van der Waals surface area contributed by atoms with Crippen LogP contribution in [0.1, 0.15) is 39.5 Å². The molecule has 2 rings (SSSR count). The van der Waals surface area contributed by atoms with Crippen LogP contribution in [0.15, 0.2) is 15.8 Å². The average Bonchev–Trinajstić information content (AvgIpc) is 2.99. The van der Waals surface area contributed by atoms with E-state index in [4.69, 9.17) is 23.7 Å². The second-order valence-corrected chi connectivity index (χ2v) is 8.07. The van der Waals surface area contributed by atoms with E-state index in [-0.39, 0.29) is 12.7 Å². The summed E-state index contributed by atoms with van der Waals surface area (Å²) in [6.45, 7) is 8.72. The van der Waals surface area contributed by atoms with E-state index in [9.17, 15) is 14.4 Å². The Labute approximate surface area is 169 Å². The zero-order valence-corrected chi connectivity index (χ0v) is 17.9. The van der Waals surface area contributed by atoms with E-state index in [0.717, 1.165) is 0 Å². The molecule has 1 aliphatic rings. The van der Waals surface area contributed by atoms with Crippen molar-refractivity contribution in [2.24, 2.45) is 5.41 Å². The maximum Gasteiger partial charge on any atom is 0.330 e. The van der Waals surface area contributed by atoms with Crippen LogP contribution in [-0.4, -0.2) is 60.9 Å². The Bertz CT molecular complexity index is 825. The molecule has 1 saturated heterocycles. The van der Waals surface area contributed by atoms with Crippen LogP contribution in [0, 0.1) is 12.3 Å². The summed E-state index contributed by atoms with van der Waals surface area (Å²) in [5, 5.41) is 0. The van der Waals surface area contributed by atoms with Crippen molar-refractivity contribution in [1.82, 2.24) is 9.55 Å². The summed E-state index contributed by atoms with van der Waals surface area (Å²) in [5.74, 6) is -0.466. The zero-order valence-electron chi connectivity index (χ0n) is 17.9. The number of aromatic amines is 1.